The number of hydrogen-bond acceptors (Lipinski definition) is 3. The van der Waals surface area contributed by atoms with Gasteiger partial charge in [-0.25, -0.2) is 0 Å². The van der Waals surface area contributed by atoms with Crippen LogP contribution in [0.4, 0.5) is 0 Å². The minimum absolute atomic E-state index is 0. The van der Waals surface area contributed by atoms with Crippen LogP contribution < -0.4 is 10.6 Å². The summed E-state index contributed by atoms with van der Waals surface area (Å²) in [5.74, 6) is 0.559. The van der Waals surface area contributed by atoms with Gasteiger partial charge in [0.2, 0.25) is 11.8 Å². The average Bonchev–Trinajstić information content (AvgIpc) is 2.92. The summed E-state index contributed by atoms with van der Waals surface area (Å²) >= 11 is 0. The van der Waals surface area contributed by atoms with E-state index in [1.807, 2.05) is 0 Å². The van der Waals surface area contributed by atoms with E-state index < -0.39 is 0 Å². The monoisotopic (exact) mass is 341 g/mol. The molecule has 3 aliphatic heterocycles. The predicted octanol–water partition coefficient (Wildman–Crippen LogP) is 1.32. The highest BCUT2D eigenvalue weighted by Gasteiger charge is 2.68. The van der Waals surface area contributed by atoms with Crippen molar-refractivity contribution in [2.45, 2.75) is 45.4 Å². The van der Waals surface area contributed by atoms with Crippen LogP contribution >= 0.6 is 12.4 Å². The van der Waals surface area contributed by atoms with Crippen LogP contribution in [0.25, 0.3) is 0 Å². The first-order valence-corrected chi connectivity index (χ1v) is 8.76. The molecular weight excluding hydrogens is 314 g/mol. The molecule has 1 saturated carbocycles. The Labute approximate surface area is 144 Å². The second-order valence-corrected chi connectivity index (χ2v) is 8.28. The van der Waals surface area contributed by atoms with E-state index in [9.17, 15) is 9.59 Å². The normalized spacial score (nSPS) is 34.1. The quantitative estimate of drug-likeness (QED) is 0.756. The highest BCUT2D eigenvalue weighted by Crippen LogP contribution is 2.69. The summed E-state index contributed by atoms with van der Waals surface area (Å²) in [6.07, 6.45) is 5.96. The lowest BCUT2D eigenvalue weighted by Crippen LogP contribution is -2.47. The van der Waals surface area contributed by atoms with Crippen molar-refractivity contribution in [1.82, 2.24) is 15.5 Å². The summed E-state index contributed by atoms with van der Waals surface area (Å²) in [4.78, 5) is 26.6. The molecule has 1 unspecified atom stereocenters. The van der Waals surface area contributed by atoms with E-state index in [-0.39, 0.29) is 34.6 Å². The number of rotatable bonds is 1. The number of nitrogens with zero attached hydrogens (tertiary/aromatic N) is 1. The van der Waals surface area contributed by atoms with Crippen LogP contribution in [-0.2, 0) is 9.59 Å². The molecular formula is C17H28ClN3O2. The Morgan fingerprint density at radius 3 is 2.35 bits per heavy atom. The Morgan fingerprint density at radius 2 is 1.78 bits per heavy atom. The molecule has 0 bridgehead atoms. The maximum absolute atomic E-state index is 13.0. The van der Waals surface area contributed by atoms with Crippen LogP contribution in [-0.4, -0.2) is 49.4 Å². The van der Waals surface area contributed by atoms with Gasteiger partial charge in [-0.05, 0) is 56.0 Å². The molecule has 2 amide bonds. The number of carbonyl (C=O) groups is 2. The zero-order chi connectivity index (χ0) is 15.4. The highest BCUT2D eigenvalue weighted by atomic mass is 35.5. The molecule has 2 N–H and O–H groups in total. The van der Waals surface area contributed by atoms with Gasteiger partial charge in [0.1, 0.15) is 0 Å². The Hall–Kier alpha value is -0.810. The number of halogens is 1. The van der Waals surface area contributed by atoms with E-state index in [2.05, 4.69) is 22.5 Å². The van der Waals surface area contributed by atoms with E-state index in [1.54, 1.807) is 0 Å². The number of amides is 2. The standard InChI is InChI=1S/C17H27N3O2.ClH/c1-15(11-17(15)2-6-18-7-3-17)14(22)20-8-4-16(5-9-20)10-13(21)19-12-16;/h18H,2-12H2,1H3,(H,19,21);1H. The van der Waals surface area contributed by atoms with Crippen LogP contribution in [0, 0.1) is 16.2 Å². The topological polar surface area (TPSA) is 61.4 Å². The fourth-order valence-electron chi connectivity index (χ4n) is 5.21. The summed E-state index contributed by atoms with van der Waals surface area (Å²) in [5.41, 5.74) is 0.281. The van der Waals surface area contributed by atoms with Gasteiger partial charge in [-0.1, -0.05) is 6.92 Å². The van der Waals surface area contributed by atoms with Gasteiger partial charge in [0.15, 0.2) is 0 Å². The number of hydrogen-bond donors (Lipinski definition) is 2. The van der Waals surface area contributed by atoms with Crippen LogP contribution in [0.1, 0.15) is 45.4 Å². The Balaban J connectivity index is 0.00000156. The molecule has 0 aromatic carbocycles. The van der Waals surface area contributed by atoms with E-state index >= 15 is 0 Å². The van der Waals surface area contributed by atoms with Gasteiger partial charge in [-0.15, -0.1) is 12.4 Å². The molecule has 4 aliphatic rings. The molecule has 130 valence electrons. The molecule has 3 saturated heterocycles. The van der Waals surface area contributed by atoms with Crippen molar-refractivity contribution >= 4 is 24.2 Å². The van der Waals surface area contributed by atoms with E-state index in [0.29, 0.717) is 12.3 Å². The molecule has 3 heterocycles. The van der Waals surface area contributed by atoms with Crippen molar-refractivity contribution in [2.24, 2.45) is 16.2 Å². The zero-order valence-electron chi connectivity index (χ0n) is 14.0. The second kappa shape index (κ2) is 5.62. The molecule has 0 aromatic heterocycles. The van der Waals surface area contributed by atoms with Crippen LogP contribution in [0.5, 0.6) is 0 Å². The van der Waals surface area contributed by atoms with Gasteiger partial charge in [-0.3, -0.25) is 9.59 Å². The van der Waals surface area contributed by atoms with Crippen molar-refractivity contribution in [3.8, 4) is 0 Å². The summed E-state index contributed by atoms with van der Waals surface area (Å²) < 4.78 is 0. The summed E-state index contributed by atoms with van der Waals surface area (Å²) in [7, 11) is 0. The fourth-order valence-corrected chi connectivity index (χ4v) is 5.21. The van der Waals surface area contributed by atoms with Crippen molar-refractivity contribution in [2.75, 3.05) is 32.7 Å². The number of likely N-dealkylation sites (tertiary alicyclic amines) is 1. The van der Waals surface area contributed by atoms with Gasteiger partial charge >= 0.3 is 0 Å². The average molecular weight is 342 g/mol. The number of piperidine rings is 2. The summed E-state index contributed by atoms with van der Waals surface area (Å²) in [6, 6.07) is 0. The second-order valence-electron chi connectivity index (χ2n) is 8.28. The van der Waals surface area contributed by atoms with E-state index in [0.717, 1.165) is 64.8 Å². The largest absolute Gasteiger partial charge is 0.356 e. The zero-order valence-corrected chi connectivity index (χ0v) is 14.8. The Kier molecular flexibility index (Phi) is 4.16. The lowest BCUT2D eigenvalue weighted by atomic mass is 9.77. The van der Waals surface area contributed by atoms with Crippen molar-refractivity contribution < 1.29 is 9.59 Å². The summed E-state index contributed by atoms with van der Waals surface area (Å²) in [6.45, 7) is 6.77. The number of carbonyl (C=O) groups excluding carboxylic acids is 2. The van der Waals surface area contributed by atoms with Crippen molar-refractivity contribution in [1.29, 1.82) is 0 Å². The molecule has 0 radical (unpaired) electrons. The SMILES string of the molecule is CC1(C(=O)N2CCC3(CC2)CNC(=O)C3)CC12CCNCC2.Cl. The number of nitrogens with one attached hydrogen (secondary N) is 2. The predicted molar refractivity (Wildman–Crippen MR) is 90.4 cm³/mol. The van der Waals surface area contributed by atoms with E-state index in [1.165, 1.54) is 0 Å². The van der Waals surface area contributed by atoms with Gasteiger partial charge in [0, 0.05) is 26.1 Å². The van der Waals surface area contributed by atoms with Crippen LogP contribution in [0.15, 0.2) is 0 Å². The lowest BCUT2D eigenvalue weighted by molar-refractivity contribution is -0.140. The molecule has 4 rings (SSSR count). The van der Waals surface area contributed by atoms with Gasteiger partial charge in [0.25, 0.3) is 0 Å². The van der Waals surface area contributed by atoms with Gasteiger partial charge < -0.3 is 15.5 Å². The van der Waals surface area contributed by atoms with Crippen molar-refractivity contribution in [3.63, 3.8) is 0 Å². The first-order valence-electron chi connectivity index (χ1n) is 8.76. The summed E-state index contributed by atoms with van der Waals surface area (Å²) in [5, 5.41) is 6.37. The minimum Gasteiger partial charge on any atom is -0.356 e. The lowest BCUT2D eigenvalue weighted by Gasteiger charge is -2.40. The van der Waals surface area contributed by atoms with E-state index in [4.69, 9.17) is 0 Å². The third-order valence-electron chi connectivity index (χ3n) is 7.08. The third-order valence-corrected chi connectivity index (χ3v) is 7.08. The first-order chi connectivity index (χ1) is 10.5. The first kappa shape index (κ1) is 17.0. The van der Waals surface area contributed by atoms with Crippen molar-refractivity contribution in [3.05, 3.63) is 0 Å². The highest BCUT2D eigenvalue weighted by molar-refractivity contribution is 5.87. The van der Waals surface area contributed by atoms with Crippen LogP contribution in [0.3, 0.4) is 0 Å². The molecule has 4 fully saturated rings. The van der Waals surface area contributed by atoms with Gasteiger partial charge in [0.05, 0.1) is 5.41 Å². The molecule has 23 heavy (non-hydrogen) atoms. The fraction of sp³-hybridized carbons (Fsp3) is 0.882. The Bertz CT molecular complexity index is 510. The maximum Gasteiger partial charge on any atom is 0.229 e. The minimum atomic E-state index is -0.122. The van der Waals surface area contributed by atoms with Gasteiger partial charge in [-0.2, -0.15) is 0 Å². The Morgan fingerprint density at radius 1 is 1.13 bits per heavy atom. The molecule has 6 heteroatoms. The molecule has 2 spiro atoms. The maximum atomic E-state index is 13.0. The smallest absolute Gasteiger partial charge is 0.229 e. The molecule has 1 aliphatic carbocycles. The molecule has 5 nitrogen and oxygen atoms in total. The molecule has 0 aromatic rings. The van der Waals surface area contributed by atoms with Crippen LogP contribution in [0.2, 0.25) is 0 Å². The third kappa shape index (κ3) is 2.56. The molecule has 1 atom stereocenters.